The van der Waals surface area contributed by atoms with Crippen LogP contribution in [0.5, 0.6) is 0 Å². The lowest BCUT2D eigenvalue weighted by Crippen LogP contribution is -2.42. The van der Waals surface area contributed by atoms with Crippen LogP contribution in [0.25, 0.3) is 11.4 Å². The molecule has 0 aliphatic carbocycles. The molecule has 0 saturated carbocycles. The van der Waals surface area contributed by atoms with Crippen LogP contribution in [0.3, 0.4) is 0 Å². The molecule has 4 N–H and O–H groups in total. The highest BCUT2D eigenvalue weighted by molar-refractivity contribution is 9.10. The SMILES string of the molecule is CC(C)[C@H](Sc1n[nH]c(-c2ccccc2Br)n1)C(=O)NC(N)=O. The topological polar surface area (TPSA) is 114 Å². The molecule has 0 radical (unpaired) electrons. The van der Waals surface area contributed by atoms with Gasteiger partial charge in [-0.25, -0.2) is 9.78 Å². The van der Waals surface area contributed by atoms with E-state index >= 15 is 0 Å². The van der Waals surface area contributed by atoms with Crippen molar-refractivity contribution in [2.75, 3.05) is 0 Å². The average Bonchev–Trinajstić information content (AvgIpc) is 2.92. The van der Waals surface area contributed by atoms with Gasteiger partial charge in [0.2, 0.25) is 11.1 Å². The van der Waals surface area contributed by atoms with Crippen molar-refractivity contribution in [2.45, 2.75) is 24.3 Å². The molecule has 1 heterocycles. The number of hydrogen-bond acceptors (Lipinski definition) is 5. The maximum atomic E-state index is 12.0. The highest BCUT2D eigenvalue weighted by Gasteiger charge is 2.26. The van der Waals surface area contributed by atoms with E-state index in [4.69, 9.17) is 5.73 Å². The number of thioether (sulfide) groups is 1. The summed E-state index contributed by atoms with van der Waals surface area (Å²) in [6.07, 6.45) is 0. The van der Waals surface area contributed by atoms with Crippen molar-refractivity contribution >= 4 is 39.6 Å². The summed E-state index contributed by atoms with van der Waals surface area (Å²) >= 11 is 4.64. The molecule has 9 heteroatoms. The number of rotatable bonds is 5. The normalized spacial score (nSPS) is 12.2. The Bertz CT molecular complexity index is 719. The molecule has 0 fully saturated rings. The van der Waals surface area contributed by atoms with E-state index in [1.165, 1.54) is 11.8 Å². The molecule has 1 atom stereocenters. The molecule has 0 unspecified atom stereocenters. The molecule has 2 aromatic rings. The van der Waals surface area contributed by atoms with Crippen LogP contribution in [0.15, 0.2) is 33.9 Å². The Morgan fingerprint density at radius 1 is 1.35 bits per heavy atom. The lowest BCUT2D eigenvalue weighted by molar-refractivity contribution is -0.120. The molecule has 0 aliphatic heterocycles. The Morgan fingerprint density at radius 2 is 2.04 bits per heavy atom. The Kier molecular flexibility index (Phi) is 5.78. The van der Waals surface area contributed by atoms with Crippen molar-refractivity contribution in [3.63, 3.8) is 0 Å². The molecule has 1 aromatic heterocycles. The van der Waals surface area contributed by atoms with Gasteiger partial charge in [0.15, 0.2) is 5.82 Å². The second-order valence-electron chi connectivity index (χ2n) is 5.08. The average molecular weight is 398 g/mol. The number of imide groups is 1. The van der Waals surface area contributed by atoms with Crippen LogP contribution in [0.4, 0.5) is 4.79 Å². The summed E-state index contributed by atoms with van der Waals surface area (Å²) in [6.45, 7) is 3.75. The van der Waals surface area contributed by atoms with Gasteiger partial charge in [0.1, 0.15) is 0 Å². The monoisotopic (exact) mass is 397 g/mol. The first kappa shape index (κ1) is 17.5. The molecular formula is C14H16BrN5O2S. The van der Waals surface area contributed by atoms with Crippen LogP contribution in [0, 0.1) is 5.92 Å². The number of nitrogens with one attached hydrogen (secondary N) is 2. The predicted molar refractivity (Wildman–Crippen MR) is 91.7 cm³/mol. The summed E-state index contributed by atoms with van der Waals surface area (Å²) in [4.78, 5) is 27.3. The number of hydrogen-bond donors (Lipinski definition) is 3. The molecule has 0 saturated heterocycles. The molecule has 1 aromatic carbocycles. The quantitative estimate of drug-likeness (QED) is 0.670. The fraction of sp³-hybridized carbons (Fsp3) is 0.286. The number of H-pyrrole nitrogens is 1. The number of amides is 3. The first-order valence-electron chi connectivity index (χ1n) is 6.82. The van der Waals surface area contributed by atoms with Crippen molar-refractivity contribution in [1.29, 1.82) is 0 Å². The van der Waals surface area contributed by atoms with Gasteiger partial charge >= 0.3 is 6.03 Å². The number of aromatic amines is 1. The number of nitrogens with zero attached hydrogens (tertiary/aromatic N) is 2. The van der Waals surface area contributed by atoms with Gasteiger partial charge < -0.3 is 5.73 Å². The number of nitrogens with two attached hydrogens (primary N) is 1. The zero-order valence-electron chi connectivity index (χ0n) is 12.5. The highest BCUT2D eigenvalue weighted by atomic mass is 79.9. The highest BCUT2D eigenvalue weighted by Crippen LogP contribution is 2.29. The van der Waals surface area contributed by atoms with Crippen LogP contribution in [0.1, 0.15) is 13.8 Å². The van der Waals surface area contributed by atoms with E-state index in [2.05, 4.69) is 36.4 Å². The van der Waals surface area contributed by atoms with E-state index in [1.807, 2.05) is 38.1 Å². The molecule has 7 nitrogen and oxygen atoms in total. The minimum atomic E-state index is -0.870. The van der Waals surface area contributed by atoms with Crippen LogP contribution in [-0.2, 0) is 4.79 Å². The van der Waals surface area contributed by atoms with E-state index in [0.29, 0.717) is 11.0 Å². The fourth-order valence-electron chi connectivity index (χ4n) is 1.87. The molecule has 0 spiro atoms. The minimum absolute atomic E-state index is 0.0234. The molecule has 122 valence electrons. The molecule has 0 aliphatic rings. The van der Waals surface area contributed by atoms with E-state index < -0.39 is 17.2 Å². The van der Waals surface area contributed by atoms with E-state index in [-0.39, 0.29) is 5.92 Å². The third-order valence-corrected chi connectivity index (χ3v) is 5.03. The zero-order valence-corrected chi connectivity index (χ0v) is 14.9. The van der Waals surface area contributed by atoms with Gasteiger partial charge in [-0.15, -0.1) is 5.10 Å². The lowest BCUT2D eigenvalue weighted by atomic mass is 10.1. The largest absolute Gasteiger partial charge is 0.351 e. The second kappa shape index (κ2) is 7.60. The fourth-order valence-corrected chi connectivity index (χ4v) is 3.25. The third kappa shape index (κ3) is 4.55. The Morgan fingerprint density at radius 3 is 2.65 bits per heavy atom. The van der Waals surface area contributed by atoms with Crippen LogP contribution in [-0.4, -0.2) is 32.4 Å². The van der Waals surface area contributed by atoms with Gasteiger partial charge in [-0.1, -0.05) is 59.7 Å². The summed E-state index contributed by atoms with van der Waals surface area (Å²) in [6, 6.07) is 6.74. The van der Waals surface area contributed by atoms with E-state index in [9.17, 15) is 9.59 Å². The molecule has 3 amide bonds. The third-order valence-electron chi connectivity index (χ3n) is 2.94. The molecule has 23 heavy (non-hydrogen) atoms. The number of urea groups is 1. The zero-order chi connectivity index (χ0) is 17.0. The first-order chi connectivity index (χ1) is 10.9. The Hall–Kier alpha value is -1.87. The number of carbonyl (C=O) groups excluding carboxylic acids is 2. The lowest BCUT2D eigenvalue weighted by Gasteiger charge is -2.16. The van der Waals surface area contributed by atoms with Crippen molar-refractivity contribution in [1.82, 2.24) is 20.5 Å². The Balaban J connectivity index is 2.18. The van der Waals surface area contributed by atoms with E-state index in [1.54, 1.807) is 0 Å². The predicted octanol–water partition coefficient (Wildman–Crippen LogP) is 2.55. The number of halogens is 1. The van der Waals surface area contributed by atoms with Gasteiger partial charge in [0.05, 0.1) is 5.25 Å². The number of aromatic nitrogens is 3. The van der Waals surface area contributed by atoms with Gasteiger partial charge in [0, 0.05) is 10.0 Å². The first-order valence-corrected chi connectivity index (χ1v) is 8.50. The Labute approximate surface area is 145 Å². The number of carbonyl (C=O) groups is 2. The molecule has 0 bridgehead atoms. The summed E-state index contributed by atoms with van der Waals surface area (Å²) in [7, 11) is 0. The summed E-state index contributed by atoms with van der Waals surface area (Å²) in [5.74, 6) is 0.118. The van der Waals surface area contributed by atoms with Gasteiger partial charge in [-0.05, 0) is 12.0 Å². The molecule has 2 rings (SSSR count). The summed E-state index contributed by atoms with van der Waals surface area (Å²) < 4.78 is 0.889. The smallest absolute Gasteiger partial charge is 0.318 e. The number of primary amides is 1. The number of benzene rings is 1. The van der Waals surface area contributed by atoms with Crippen molar-refractivity contribution in [3.8, 4) is 11.4 Å². The van der Waals surface area contributed by atoms with E-state index in [0.717, 1.165) is 10.0 Å². The van der Waals surface area contributed by atoms with Crippen LogP contribution in [0.2, 0.25) is 0 Å². The maximum Gasteiger partial charge on any atom is 0.318 e. The van der Waals surface area contributed by atoms with Crippen molar-refractivity contribution in [3.05, 3.63) is 28.7 Å². The van der Waals surface area contributed by atoms with Crippen molar-refractivity contribution < 1.29 is 9.59 Å². The van der Waals surface area contributed by atoms with Crippen LogP contribution < -0.4 is 11.1 Å². The minimum Gasteiger partial charge on any atom is -0.351 e. The summed E-state index contributed by atoms with van der Waals surface area (Å²) in [5, 5.41) is 8.98. The second-order valence-corrected chi connectivity index (χ2v) is 7.05. The maximum absolute atomic E-state index is 12.0. The van der Waals surface area contributed by atoms with Gasteiger partial charge in [-0.2, -0.15) is 0 Å². The van der Waals surface area contributed by atoms with Crippen molar-refractivity contribution in [2.24, 2.45) is 11.7 Å². The summed E-state index contributed by atoms with van der Waals surface area (Å²) in [5.41, 5.74) is 5.87. The van der Waals surface area contributed by atoms with Gasteiger partial charge in [-0.3, -0.25) is 15.2 Å². The van der Waals surface area contributed by atoms with Gasteiger partial charge in [0.25, 0.3) is 0 Å². The molecular weight excluding hydrogens is 382 g/mol. The standard InChI is InChI=1S/C14H16BrN5O2S/c1-7(2)10(12(21)18-13(16)22)23-14-17-11(19-20-14)8-5-3-4-6-9(8)15/h3-7,10H,1-2H3,(H,17,19,20)(H3,16,18,21,22)/t10-/m0/s1. The van der Waals surface area contributed by atoms with Crippen LogP contribution >= 0.6 is 27.7 Å².